The third-order valence-electron chi connectivity index (χ3n) is 3.65. The Morgan fingerprint density at radius 2 is 2.11 bits per heavy atom. The van der Waals surface area contributed by atoms with Gasteiger partial charge >= 0.3 is 5.97 Å². The molecule has 5 nitrogen and oxygen atoms in total. The first-order chi connectivity index (χ1) is 8.58. The largest absolute Gasteiger partial charge is 0.481 e. The van der Waals surface area contributed by atoms with Gasteiger partial charge in [0.2, 0.25) is 5.91 Å². The number of rotatable bonds is 7. The molecule has 5 heteroatoms. The summed E-state index contributed by atoms with van der Waals surface area (Å²) in [7, 11) is 0. The molecule has 1 amide bonds. The molecule has 104 valence electrons. The number of aliphatic carboxylic acids is 1. The van der Waals surface area contributed by atoms with Crippen molar-refractivity contribution in [2.45, 2.75) is 33.1 Å². The Balaban J connectivity index is 2.35. The number of hydrogen-bond acceptors (Lipinski definition) is 3. The second-order valence-electron chi connectivity index (χ2n) is 4.79. The van der Waals surface area contributed by atoms with Crippen LogP contribution in [0, 0.1) is 5.92 Å². The predicted octanol–water partition coefficient (Wildman–Crippen LogP) is 1.04. The number of carboxylic acid groups (broad SMARTS) is 1. The average Bonchev–Trinajstić information content (AvgIpc) is 2.36. The summed E-state index contributed by atoms with van der Waals surface area (Å²) in [6, 6.07) is 0. The van der Waals surface area contributed by atoms with E-state index in [1.807, 2.05) is 0 Å². The van der Waals surface area contributed by atoms with E-state index in [4.69, 9.17) is 5.11 Å². The fourth-order valence-corrected chi connectivity index (χ4v) is 2.36. The van der Waals surface area contributed by atoms with E-state index >= 15 is 0 Å². The monoisotopic (exact) mass is 256 g/mol. The lowest BCUT2D eigenvalue weighted by molar-refractivity contribution is -0.147. The standard InChI is InChI=1S/C13H24N2O3/c1-3-14(4-2)8-5-9-15-10-11(13(17)18)6-7-12(15)16/h11H,3-10H2,1-2H3,(H,17,18). The Kier molecular flexibility index (Phi) is 6.12. The van der Waals surface area contributed by atoms with Crippen LogP contribution in [0.3, 0.4) is 0 Å². The van der Waals surface area contributed by atoms with Crippen molar-refractivity contribution in [2.75, 3.05) is 32.7 Å². The number of piperidine rings is 1. The van der Waals surface area contributed by atoms with Gasteiger partial charge in [-0.1, -0.05) is 13.8 Å². The lowest BCUT2D eigenvalue weighted by Crippen LogP contribution is -2.43. The van der Waals surface area contributed by atoms with Gasteiger partial charge in [-0.15, -0.1) is 0 Å². The summed E-state index contributed by atoms with van der Waals surface area (Å²) in [5, 5.41) is 8.99. The summed E-state index contributed by atoms with van der Waals surface area (Å²) in [4.78, 5) is 26.7. The first-order valence-electron chi connectivity index (χ1n) is 6.81. The minimum Gasteiger partial charge on any atom is -0.481 e. The third kappa shape index (κ3) is 4.29. The van der Waals surface area contributed by atoms with Crippen LogP contribution in [-0.2, 0) is 9.59 Å². The van der Waals surface area contributed by atoms with E-state index in [0.29, 0.717) is 25.9 Å². The molecule has 0 saturated carbocycles. The quantitative estimate of drug-likeness (QED) is 0.739. The van der Waals surface area contributed by atoms with Crippen molar-refractivity contribution >= 4 is 11.9 Å². The van der Waals surface area contributed by atoms with E-state index in [1.54, 1.807) is 4.90 Å². The lowest BCUT2D eigenvalue weighted by atomic mass is 9.97. The van der Waals surface area contributed by atoms with Crippen LogP contribution in [0.2, 0.25) is 0 Å². The van der Waals surface area contributed by atoms with E-state index in [0.717, 1.165) is 26.1 Å². The lowest BCUT2D eigenvalue weighted by Gasteiger charge is -2.31. The molecule has 0 radical (unpaired) electrons. The highest BCUT2D eigenvalue weighted by atomic mass is 16.4. The Morgan fingerprint density at radius 1 is 1.44 bits per heavy atom. The highest BCUT2D eigenvalue weighted by Gasteiger charge is 2.29. The molecule has 1 heterocycles. The summed E-state index contributed by atoms with van der Waals surface area (Å²) in [6.07, 6.45) is 1.78. The van der Waals surface area contributed by atoms with Gasteiger partial charge in [0.25, 0.3) is 0 Å². The van der Waals surface area contributed by atoms with Crippen molar-refractivity contribution in [1.82, 2.24) is 9.80 Å². The molecule has 1 atom stereocenters. The molecular weight excluding hydrogens is 232 g/mol. The minimum absolute atomic E-state index is 0.104. The highest BCUT2D eigenvalue weighted by Crippen LogP contribution is 2.17. The van der Waals surface area contributed by atoms with Crippen molar-refractivity contribution in [1.29, 1.82) is 0 Å². The molecule has 1 rings (SSSR count). The number of carbonyl (C=O) groups is 2. The molecule has 0 aromatic rings. The zero-order valence-corrected chi connectivity index (χ0v) is 11.4. The Labute approximate surface area is 109 Å². The van der Waals surface area contributed by atoms with Crippen molar-refractivity contribution < 1.29 is 14.7 Å². The van der Waals surface area contributed by atoms with Gasteiger partial charge in [0.15, 0.2) is 0 Å². The maximum Gasteiger partial charge on any atom is 0.308 e. The molecule has 1 unspecified atom stereocenters. The molecule has 0 aromatic heterocycles. The number of carboxylic acids is 1. The zero-order chi connectivity index (χ0) is 13.5. The fourth-order valence-electron chi connectivity index (χ4n) is 2.36. The molecule has 0 spiro atoms. The molecule has 1 saturated heterocycles. The van der Waals surface area contributed by atoms with Crippen molar-refractivity contribution in [3.05, 3.63) is 0 Å². The Morgan fingerprint density at radius 3 is 2.67 bits per heavy atom. The van der Waals surface area contributed by atoms with Crippen molar-refractivity contribution in [3.63, 3.8) is 0 Å². The first kappa shape index (κ1) is 15.0. The van der Waals surface area contributed by atoms with Gasteiger partial charge < -0.3 is 14.9 Å². The van der Waals surface area contributed by atoms with Crippen LogP contribution in [0.15, 0.2) is 0 Å². The van der Waals surface area contributed by atoms with Gasteiger partial charge in [-0.2, -0.15) is 0 Å². The molecule has 1 aliphatic rings. The van der Waals surface area contributed by atoms with Crippen LogP contribution < -0.4 is 0 Å². The summed E-state index contributed by atoms with van der Waals surface area (Å²) in [5.41, 5.74) is 0. The van der Waals surface area contributed by atoms with Crippen LogP contribution >= 0.6 is 0 Å². The number of amides is 1. The molecule has 0 aromatic carbocycles. The average molecular weight is 256 g/mol. The molecule has 1 fully saturated rings. The van der Waals surface area contributed by atoms with Crippen LogP contribution in [0.4, 0.5) is 0 Å². The molecule has 0 aliphatic carbocycles. The molecular formula is C13H24N2O3. The van der Waals surface area contributed by atoms with Gasteiger partial charge in [0.1, 0.15) is 0 Å². The maximum absolute atomic E-state index is 11.7. The normalized spacial score (nSPS) is 20.5. The third-order valence-corrected chi connectivity index (χ3v) is 3.65. The highest BCUT2D eigenvalue weighted by molar-refractivity contribution is 5.80. The van der Waals surface area contributed by atoms with E-state index in [2.05, 4.69) is 18.7 Å². The molecule has 18 heavy (non-hydrogen) atoms. The second kappa shape index (κ2) is 7.36. The van der Waals surface area contributed by atoms with Gasteiger partial charge in [-0.25, -0.2) is 0 Å². The van der Waals surface area contributed by atoms with E-state index < -0.39 is 5.97 Å². The summed E-state index contributed by atoms with van der Waals surface area (Å²) in [5.74, 6) is -1.06. The summed E-state index contributed by atoms with van der Waals surface area (Å²) >= 11 is 0. The summed E-state index contributed by atoms with van der Waals surface area (Å²) in [6.45, 7) is 8.30. The number of carbonyl (C=O) groups excluding carboxylic acids is 1. The number of likely N-dealkylation sites (tertiary alicyclic amines) is 1. The van der Waals surface area contributed by atoms with Gasteiger partial charge in [-0.3, -0.25) is 9.59 Å². The van der Waals surface area contributed by atoms with Crippen LogP contribution in [0.1, 0.15) is 33.1 Å². The predicted molar refractivity (Wildman–Crippen MR) is 69.3 cm³/mol. The van der Waals surface area contributed by atoms with Crippen LogP contribution in [-0.4, -0.2) is 59.5 Å². The van der Waals surface area contributed by atoms with Gasteiger partial charge in [0, 0.05) is 19.5 Å². The van der Waals surface area contributed by atoms with Crippen LogP contribution in [0.5, 0.6) is 0 Å². The first-order valence-corrected chi connectivity index (χ1v) is 6.81. The maximum atomic E-state index is 11.7. The Bertz CT molecular complexity index is 290. The SMILES string of the molecule is CCN(CC)CCCN1CC(C(=O)O)CCC1=O. The molecule has 1 aliphatic heterocycles. The minimum atomic E-state index is -0.781. The summed E-state index contributed by atoms with van der Waals surface area (Å²) < 4.78 is 0. The van der Waals surface area contributed by atoms with E-state index in [1.165, 1.54) is 0 Å². The smallest absolute Gasteiger partial charge is 0.308 e. The fraction of sp³-hybridized carbons (Fsp3) is 0.846. The Hall–Kier alpha value is -1.10. The van der Waals surface area contributed by atoms with Crippen LogP contribution in [0.25, 0.3) is 0 Å². The van der Waals surface area contributed by atoms with Gasteiger partial charge in [-0.05, 0) is 32.5 Å². The molecule has 1 N–H and O–H groups in total. The number of nitrogens with zero attached hydrogens (tertiary/aromatic N) is 2. The second-order valence-corrected chi connectivity index (χ2v) is 4.79. The molecule has 0 bridgehead atoms. The zero-order valence-electron chi connectivity index (χ0n) is 11.4. The number of hydrogen-bond donors (Lipinski definition) is 1. The van der Waals surface area contributed by atoms with Crippen molar-refractivity contribution in [2.24, 2.45) is 5.92 Å². The van der Waals surface area contributed by atoms with E-state index in [-0.39, 0.29) is 11.8 Å². The van der Waals surface area contributed by atoms with Crippen molar-refractivity contribution in [3.8, 4) is 0 Å². The van der Waals surface area contributed by atoms with Gasteiger partial charge in [0.05, 0.1) is 5.92 Å². The van der Waals surface area contributed by atoms with E-state index in [9.17, 15) is 9.59 Å². The topological polar surface area (TPSA) is 60.9 Å².